The summed E-state index contributed by atoms with van der Waals surface area (Å²) in [6.07, 6.45) is 5.01. The van der Waals surface area contributed by atoms with Gasteiger partial charge in [0.25, 0.3) is 0 Å². The molecule has 5 rings (SSSR count). The first-order chi connectivity index (χ1) is 16.9. The monoisotopic (exact) mass is 474 g/mol. The number of benzene rings is 3. The molecule has 4 nitrogen and oxygen atoms in total. The van der Waals surface area contributed by atoms with Gasteiger partial charge >= 0.3 is 5.97 Å². The summed E-state index contributed by atoms with van der Waals surface area (Å²) in [7, 11) is 1.57. The lowest BCUT2D eigenvalue weighted by atomic mass is 9.68. The first-order valence-corrected chi connectivity index (χ1v) is 12.4. The van der Waals surface area contributed by atoms with Crippen LogP contribution in [0, 0.1) is 17.7 Å². The Morgan fingerprint density at radius 2 is 1.83 bits per heavy atom. The van der Waals surface area contributed by atoms with Gasteiger partial charge in [0.2, 0.25) is 0 Å². The van der Waals surface area contributed by atoms with E-state index in [2.05, 4.69) is 18.2 Å². The van der Waals surface area contributed by atoms with Gasteiger partial charge in [-0.3, -0.25) is 4.79 Å². The summed E-state index contributed by atoms with van der Waals surface area (Å²) in [5.41, 5.74) is 4.56. The topological polar surface area (TPSA) is 55.8 Å². The first-order valence-electron chi connectivity index (χ1n) is 12.4. The molecule has 182 valence electrons. The van der Waals surface area contributed by atoms with E-state index in [0.29, 0.717) is 17.2 Å². The minimum absolute atomic E-state index is 0.00701. The molecule has 1 heterocycles. The Morgan fingerprint density at radius 3 is 2.49 bits per heavy atom. The molecule has 0 saturated heterocycles. The van der Waals surface area contributed by atoms with Gasteiger partial charge in [-0.15, -0.1) is 0 Å². The summed E-state index contributed by atoms with van der Waals surface area (Å²) in [5.74, 6) is 0.434. The Hall–Kier alpha value is -3.34. The lowest BCUT2D eigenvalue weighted by Crippen LogP contribution is -2.30. The van der Waals surface area contributed by atoms with Gasteiger partial charge < -0.3 is 14.6 Å². The maximum Gasteiger partial charge on any atom is 0.306 e. The van der Waals surface area contributed by atoms with E-state index in [4.69, 9.17) is 9.47 Å². The number of carboxylic acid groups (broad SMARTS) is 1. The third-order valence-corrected chi connectivity index (χ3v) is 7.77. The number of ether oxygens (including phenoxy) is 2. The minimum atomic E-state index is -0.744. The predicted molar refractivity (Wildman–Crippen MR) is 133 cm³/mol. The van der Waals surface area contributed by atoms with Crippen LogP contribution in [0.4, 0.5) is 4.39 Å². The van der Waals surface area contributed by atoms with Crippen LogP contribution in [0.2, 0.25) is 0 Å². The standard InChI is InChI=1S/C30H31FO4/c1-18(30(32)33)29(22-4-3-5-22)23-11-10-21-12-15-27(35-28(21)16-23)20-8-6-19(7-9-20)25-17-24(34-2)13-14-26(25)31/h6-11,13-14,16-18,22,27,29H,3-5,12,15H2,1-2H3,(H,32,33)/t18-,27+,29+/m0/s1. The van der Waals surface area contributed by atoms with Crippen molar-refractivity contribution in [3.05, 3.63) is 83.2 Å². The largest absolute Gasteiger partial charge is 0.497 e. The van der Waals surface area contributed by atoms with Crippen LogP contribution >= 0.6 is 0 Å². The third kappa shape index (κ3) is 4.64. The second kappa shape index (κ2) is 9.73. The molecule has 1 aliphatic heterocycles. The normalized spacial score (nSPS) is 19.1. The molecule has 2 aliphatic rings. The van der Waals surface area contributed by atoms with Crippen molar-refractivity contribution in [3.8, 4) is 22.6 Å². The molecule has 0 aromatic heterocycles. The van der Waals surface area contributed by atoms with E-state index in [1.54, 1.807) is 19.2 Å². The summed E-state index contributed by atoms with van der Waals surface area (Å²) < 4.78 is 26.1. The van der Waals surface area contributed by atoms with E-state index in [1.807, 2.05) is 31.2 Å². The lowest BCUT2D eigenvalue weighted by molar-refractivity contribution is -0.142. The summed E-state index contributed by atoms with van der Waals surface area (Å²) >= 11 is 0. The van der Waals surface area contributed by atoms with Crippen LogP contribution in [-0.4, -0.2) is 18.2 Å². The third-order valence-electron chi connectivity index (χ3n) is 7.77. The Balaban J connectivity index is 1.38. The average molecular weight is 475 g/mol. The van der Waals surface area contributed by atoms with E-state index in [1.165, 1.54) is 12.5 Å². The number of hydrogen-bond acceptors (Lipinski definition) is 3. The fraction of sp³-hybridized carbons (Fsp3) is 0.367. The molecule has 35 heavy (non-hydrogen) atoms. The van der Waals surface area contributed by atoms with Crippen molar-refractivity contribution in [3.63, 3.8) is 0 Å². The van der Waals surface area contributed by atoms with Gasteiger partial charge in [-0.05, 0) is 84.0 Å². The van der Waals surface area contributed by atoms with Crippen molar-refractivity contribution in [1.29, 1.82) is 0 Å². The Labute approximate surface area is 205 Å². The average Bonchev–Trinajstić information content (AvgIpc) is 2.85. The highest BCUT2D eigenvalue weighted by molar-refractivity contribution is 5.71. The number of fused-ring (bicyclic) bond motifs is 1. The molecular weight excluding hydrogens is 443 g/mol. The van der Waals surface area contributed by atoms with E-state index in [-0.39, 0.29) is 17.8 Å². The van der Waals surface area contributed by atoms with Crippen molar-refractivity contribution in [1.82, 2.24) is 0 Å². The smallest absolute Gasteiger partial charge is 0.306 e. The Bertz CT molecular complexity index is 1220. The molecule has 0 unspecified atom stereocenters. The van der Waals surface area contributed by atoms with Gasteiger partial charge in [-0.1, -0.05) is 49.7 Å². The van der Waals surface area contributed by atoms with E-state index >= 15 is 0 Å². The molecule has 1 aliphatic carbocycles. The lowest BCUT2D eigenvalue weighted by Gasteiger charge is -2.37. The Morgan fingerprint density at radius 1 is 1.06 bits per heavy atom. The van der Waals surface area contributed by atoms with E-state index in [9.17, 15) is 14.3 Å². The number of halogens is 1. The van der Waals surface area contributed by atoms with Gasteiger partial charge in [-0.2, -0.15) is 0 Å². The highest BCUT2D eigenvalue weighted by Gasteiger charge is 2.36. The number of hydrogen-bond donors (Lipinski definition) is 1. The van der Waals surface area contributed by atoms with Crippen molar-refractivity contribution in [2.75, 3.05) is 7.11 Å². The van der Waals surface area contributed by atoms with Crippen LogP contribution in [0.15, 0.2) is 60.7 Å². The predicted octanol–water partition coefficient (Wildman–Crippen LogP) is 7.17. The number of rotatable bonds is 7. The van der Waals surface area contributed by atoms with Crippen LogP contribution in [0.1, 0.15) is 61.3 Å². The number of aliphatic carboxylic acids is 1. The van der Waals surface area contributed by atoms with Crippen LogP contribution in [-0.2, 0) is 11.2 Å². The Kier molecular flexibility index (Phi) is 6.50. The molecule has 5 heteroatoms. The number of aryl methyl sites for hydroxylation is 1. The van der Waals surface area contributed by atoms with Crippen molar-refractivity contribution < 1.29 is 23.8 Å². The number of carboxylic acids is 1. The maximum absolute atomic E-state index is 14.4. The molecule has 3 aromatic carbocycles. The number of carbonyl (C=O) groups is 1. The zero-order chi connectivity index (χ0) is 24.5. The van der Waals surface area contributed by atoms with Gasteiger partial charge in [0, 0.05) is 5.56 Å². The molecule has 1 N–H and O–H groups in total. The van der Waals surface area contributed by atoms with Gasteiger partial charge in [0.1, 0.15) is 23.4 Å². The fourth-order valence-corrected chi connectivity index (χ4v) is 5.48. The zero-order valence-electron chi connectivity index (χ0n) is 20.2. The summed E-state index contributed by atoms with van der Waals surface area (Å²) in [5, 5.41) is 9.70. The second-order valence-electron chi connectivity index (χ2n) is 9.82. The molecule has 1 fully saturated rings. The zero-order valence-corrected chi connectivity index (χ0v) is 20.2. The molecule has 0 radical (unpaired) electrons. The van der Waals surface area contributed by atoms with Crippen LogP contribution in [0.25, 0.3) is 11.1 Å². The maximum atomic E-state index is 14.4. The minimum Gasteiger partial charge on any atom is -0.497 e. The van der Waals surface area contributed by atoms with Crippen LogP contribution in [0.5, 0.6) is 11.5 Å². The van der Waals surface area contributed by atoms with E-state index in [0.717, 1.165) is 53.7 Å². The van der Waals surface area contributed by atoms with E-state index < -0.39 is 11.9 Å². The van der Waals surface area contributed by atoms with Crippen LogP contribution in [0.3, 0.4) is 0 Å². The highest BCUT2D eigenvalue weighted by Crippen LogP contribution is 2.46. The summed E-state index contributed by atoms with van der Waals surface area (Å²) in [6.45, 7) is 1.82. The van der Waals surface area contributed by atoms with Crippen molar-refractivity contribution in [2.24, 2.45) is 11.8 Å². The SMILES string of the molecule is COc1ccc(F)c(-c2ccc([C@H]3CCc4ccc([C@@H](C5CCC5)[C@H](C)C(=O)O)cc4O3)cc2)c1. The molecule has 0 spiro atoms. The molecule has 1 saturated carbocycles. The van der Waals surface area contributed by atoms with Gasteiger partial charge in [0.15, 0.2) is 0 Å². The first kappa shape index (κ1) is 23.4. The van der Waals surface area contributed by atoms with Gasteiger partial charge in [0.05, 0.1) is 13.0 Å². The van der Waals surface area contributed by atoms with Crippen molar-refractivity contribution in [2.45, 2.75) is 51.0 Å². The molecular formula is C30H31FO4. The van der Waals surface area contributed by atoms with Crippen LogP contribution < -0.4 is 9.47 Å². The molecule has 0 bridgehead atoms. The molecule has 0 amide bonds. The molecule has 3 aromatic rings. The van der Waals surface area contributed by atoms with Crippen molar-refractivity contribution >= 4 is 5.97 Å². The number of methoxy groups -OCH3 is 1. The second-order valence-corrected chi connectivity index (χ2v) is 9.82. The summed E-state index contributed by atoms with van der Waals surface area (Å²) in [6, 6.07) is 18.9. The quantitative estimate of drug-likeness (QED) is 0.394. The van der Waals surface area contributed by atoms with Gasteiger partial charge in [-0.25, -0.2) is 4.39 Å². The fourth-order valence-electron chi connectivity index (χ4n) is 5.48. The highest BCUT2D eigenvalue weighted by atomic mass is 19.1. The molecule has 3 atom stereocenters. The summed E-state index contributed by atoms with van der Waals surface area (Å²) in [4.78, 5) is 11.8.